The van der Waals surface area contributed by atoms with Crippen molar-refractivity contribution in [3.8, 4) is 5.75 Å². The van der Waals surface area contributed by atoms with Gasteiger partial charge in [0.15, 0.2) is 0 Å². The standard InChI is InChI=1S/C20H16Cl2N2O4S/c21-14-6-4-13(5-7-14)10-20(26)23-18-12-17(8-9-19(18)25)29(27,28)24-16-3-1-2-15(22)11-16/h1-9,11-12,24-25H,10H2,(H,23,26). The van der Waals surface area contributed by atoms with Crippen LogP contribution in [0.25, 0.3) is 0 Å². The van der Waals surface area contributed by atoms with Gasteiger partial charge < -0.3 is 10.4 Å². The highest BCUT2D eigenvalue weighted by atomic mass is 35.5. The molecular weight excluding hydrogens is 435 g/mol. The molecule has 0 aliphatic carbocycles. The largest absolute Gasteiger partial charge is 0.506 e. The number of phenolic OH excluding ortho intramolecular Hbond substituents is 1. The number of anilines is 2. The van der Waals surface area contributed by atoms with E-state index in [-0.39, 0.29) is 22.8 Å². The fraction of sp³-hybridized carbons (Fsp3) is 0.0500. The van der Waals surface area contributed by atoms with E-state index in [0.29, 0.717) is 15.7 Å². The summed E-state index contributed by atoms with van der Waals surface area (Å²) >= 11 is 11.7. The summed E-state index contributed by atoms with van der Waals surface area (Å²) in [7, 11) is -3.95. The van der Waals surface area contributed by atoms with Crippen LogP contribution < -0.4 is 10.0 Å². The van der Waals surface area contributed by atoms with Crippen LogP contribution in [0.1, 0.15) is 5.56 Å². The molecule has 3 N–H and O–H groups in total. The Morgan fingerprint density at radius 3 is 2.34 bits per heavy atom. The third-order valence-corrected chi connectivity index (χ3v) is 5.77. The van der Waals surface area contributed by atoms with E-state index >= 15 is 0 Å². The predicted octanol–water partition coefficient (Wildman–Crippen LogP) is 4.68. The van der Waals surface area contributed by atoms with E-state index in [1.54, 1.807) is 42.5 Å². The Kier molecular flexibility index (Phi) is 6.32. The molecule has 0 atom stereocenters. The van der Waals surface area contributed by atoms with Crippen molar-refractivity contribution in [2.45, 2.75) is 11.3 Å². The third-order valence-electron chi connectivity index (χ3n) is 3.91. The predicted molar refractivity (Wildman–Crippen MR) is 114 cm³/mol. The summed E-state index contributed by atoms with van der Waals surface area (Å²) in [6.07, 6.45) is 0.0361. The van der Waals surface area contributed by atoms with Gasteiger partial charge in [0.05, 0.1) is 22.7 Å². The molecule has 0 radical (unpaired) electrons. The lowest BCUT2D eigenvalue weighted by Crippen LogP contribution is -2.16. The molecule has 150 valence electrons. The summed E-state index contributed by atoms with van der Waals surface area (Å²) < 4.78 is 27.6. The minimum absolute atomic E-state index is 0.0158. The number of aromatic hydroxyl groups is 1. The normalized spacial score (nSPS) is 11.1. The van der Waals surface area contributed by atoms with Crippen LogP contribution in [-0.4, -0.2) is 19.4 Å². The van der Waals surface area contributed by atoms with Crippen LogP contribution in [0.5, 0.6) is 5.75 Å². The van der Waals surface area contributed by atoms with E-state index in [1.165, 1.54) is 24.3 Å². The number of carbonyl (C=O) groups is 1. The van der Waals surface area contributed by atoms with E-state index in [1.807, 2.05) is 0 Å². The Labute approximate surface area is 178 Å². The molecule has 0 aliphatic rings. The van der Waals surface area contributed by atoms with Gasteiger partial charge in [-0.25, -0.2) is 8.42 Å². The maximum atomic E-state index is 12.6. The van der Waals surface area contributed by atoms with Crippen LogP contribution in [0, 0.1) is 0 Å². The molecule has 3 aromatic rings. The van der Waals surface area contributed by atoms with Gasteiger partial charge in [-0.2, -0.15) is 0 Å². The summed E-state index contributed by atoms with van der Waals surface area (Å²) in [5.41, 5.74) is 0.995. The number of rotatable bonds is 6. The van der Waals surface area contributed by atoms with Crippen LogP contribution >= 0.6 is 23.2 Å². The van der Waals surface area contributed by atoms with Gasteiger partial charge in [-0.15, -0.1) is 0 Å². The Balaban J connectivity index is 1.78. The van der Waals surface area contributed by atoms with Crippen molar-refractivity contribution in [1.29, 1.82) is 0 Å². The van der Waals surface area contributed by atoms with Gasteiger partial charge in [0.2, 0.25) is 5.91 Å². The second-order valence-electron chi connectivity index (χ2n) is 6.15. The number of halogens is 2. The van der Waals surface area contributed by atoms with Gasteiger partial charge in [-0.3, -0.25) is 9.52 Å². The zero-order valence-corrected chi connectivity index (χ0v) is 17.2. The summed E-state index contributed by atoms with van der Waals surface area (Å²) in [6.45, 7) is 0. The Hall–Kier alpha value is -2.74. The lowest BCUT2D eigenvalue weighted by atomic mass is 10.1. The summed E-state index contributed by atoms with van der Waals surface area (Å²) in [5.74, 6) is -0.670. The van der Waals surface area contributed by atoms with E-state index in [2.05, 4.69) is 10.0 Å². The van der Waals surface area contributed by atoms with Crippen LogP contribution in [0.4, 0.5) is 11.4 Å². The molecule has 3 rings (SSSR count). The van der Waals surface area contributed by atoms with Crippen molar-refractivity contribution in [1.82, 2.24) is 0 Å². The van der Waals surface area contributed by atoms with Gasteiger partial charge in [0.1, 0.15) is 5.75 Å². The zero-order valence-electron chi connectivity index (χ0n) is 14.9. The topological polar surface area (TPSA) is 95.5 Å². The molecule has 0 unspecified atom stereocenters. The molecule has 0 heterocycles. The van der Waals surface area contributed by atoms with E-state index in [4.69, 9.17) is 23.2 Å². The van der Waals surface area contributed by atoms with E-state index < -0.39 is 15.9 Å². The lowest BCUT2D eigenvalue weighted by molar-refractivity contribution is -0.115. The Morgan fingerprint density at radius 1 is 0.931 bits per heavy atom. The number of nitrogens with one attached hydrogen (secondary N) is 2. The molecule has 9 heteroatoms. The molecular formula is C20H16Cl2N2O4S. The minimum Gasteiger partial charge on any atom is -0.506 e. The Morgan fingerprint density at radius 2 is 1.66 bits per heavy atom. The SMILES string of the molecule is O=C(Cc1ccc(Cl)cc1)Nc1cc(S(=O)(=O)Nc2cccc(Cl)c2)ccc1O. The molecule has 29 heavy (non-hydrogen) atoms. The fourth-order valence-electron chi connectivity index (χ4n) is 2.53. The van der Waals surface area contributed by atoms with E-state index in [9.17, 15) is 18.3 Å². The Bertz CT molecular complexity index is 1150. The quantitative estimate of drug-likeness (QED) is 0.475. The number of hydrogen-bond acceptors (Lipinski definition) is 4. The zero-order chi connectivity index (χ0) is 21.0. The fourth-order valence-corrected chi connectivity index (χ4v) is 3.92. The molecule has 0 fully saturated rings. The van der Waals surface area contributed by atoms with Crippen molar-refractivity contribution >= 4 is 50.5 Å². The molecule has 0 aromatic heterocycles. The average molecular weight is 451 g/mol. The highest BCUT2D eigenvalue weighted by molar-refractivity contribution is 7.92. The molecule has 6 nitrogen and oxygen atoms in total. The highest BCUT2D eigenvalue weighted by Crippen LogP contribution is 2.28. The first-order chi connectivity index (χ1) is 13.7. The van der Waals surface area contributed by atoms with Crippen LogP contribution in [0.2, 0.25) is 10.0 Å². The number of benzene rings is 3. The third kappa shape index (κ3) is 5.63. The molecule has 0 bridgehead atoms. The van der Waals surface area contributed by atoms with Crippen LogP contribution in [0.15, 0.2) is 71.6 Å². The molecule has 0 spiro atoms. The maximum absolute atomic E-state index is 12.6. The number of sulfonamides is 1. The molecule has 0 saturated carbocycles. The first-order valence-corrected chi connectivity index (χ1v) is 10.6. The van der Waals surface area contributed by atoms with Crippen molar-refractivity contribution < 1.29 is 18.3 Å². The minimum atomic E-state index is -3.95. The lowest BCUT2D eigenvalue weighted by Gasteiger charge is -2.12. The second kappa shape index (κ2) is 8.73. The van der Waals surface area contributed by atoms with E-state index in [0.717, 1.165) is 5.56 Å². The highest BCUT2D eigenvalue weighted by Gasteiger charge is 2.17. The van der Waals surface area contributed by atoms with Crippen molar-refractivity contribution in [2.24, 2.45) is 0 Å². The summed E-state index contributed by atoms with van der Waals surface area (Å²) in [5, 5.41) is 13.5. The summed E-state index contributed by atoms with van der Waals surface area (Å²) in [6, 6.07) is 16.6. The van der Waals surface area contributed by atoms with Gasteiger partial charge in [0.25, 0.3) is 10.0 Å². The number of carbonyl (C=O) groups excluding carboxylic acids is 1. The number of phenols is 1. The van der Waals surface area contributed by atoms with Gasteiger partial charge >= 0.3 is 0 Å². The van der Waals surface area contributed by atoms with Gasteiger partial charge in [0, 0.05) is 10.0 Å². The first kappa shape index (κ1) is 21.0. The second-order valence-corrected chi connectivity index (χ2v) is 8.70. The van der Waals surface area contributed by atoms with Crippen LogP contribution in [-0.2, 0) is 21.2 Å². The van der Waals surface area contributed by atoms with Gasteiger partial charge in [-0.05, 0) is 54.1 Å². The van der Waals surface area contributed by atoms with Crippen molar-refractivity contribution in [3.63, 3.8) is 0 Å². The maximum Gasteiger partial charge on any atom is 0.261 e. The molecule has 0 aliphatic heterocycles. The molecule has 3 aromatic carbocycles. The number of hydrogen-bond donors (Lipinski definition) is 3. The molecule has 0 saturated heterocycles. The van der Waals surface area contributed by atoms with Gasteiger partial charge in [-0.1, -0.05) is 41.4 Å². The summed E-state index contributed by atoms with van der Waals surface area (Å²) in [4.78, 5) is 12.1. The first-order valence-electron chi connectivity index (χ1n) is 8.39. The van der Waals surface area contributed by atoms with Crippen molar-refractivity contribution in [2.75, 3.05) is 10.0 Å². The number of amides is 1. The van der Waals surface area contributed by atoms with Crippen LogP contribution in [0.3, 0.4) is 0 Å². The van der Waals surface area contributed by atoms with Crippen molar-refractivity contribution in [3.05, 3.63) is 82.3 Å². The smallest absolute Gasteiger partial charge is 0.261 e. The molecule has 1 amide bonds. The average Bonchev–Trinajstić information content (AvgIpc) is 2.65. The monoisotopic (exact) mass is 450 g/mol.